The lowest BCUT2D eigenvalue weighted by Gasteiger charge is -2.09. The van der Waals surface area contributed by atoms with Gasteiger partial charge in [-0.15, -0.1) is 5.10 Å². The van der Waals surface area contributed by atoms with Gasteiger partial charge < -0.3 is 5.11 Å². The summed E-state index contributed by atoms with van der Waals surface area (Å²) in [6, 6.07) is 9.17. The third kappa shape index (κ3) is 3.11. The van der Waals surface area contributed by atoms with Crippen molar-refractivity contribution in [3.05, 3.63) is 70.4 Å². The largest absolute Gasteiger partial charge is 0.476 e. The van der Waals surface area contributed by atoms with Crippen LogP contribution in [0, 0.1) is 11.6 Å². The van der Waals surface area contributed by atoms with Crippen LogP contribution in [0.3, 0.4) is 0 Å². The first-order valence-electron chi connectivity index (χ1n) is 6.82. The van der Waals surface area contributed by atoms with Crippen molar-refractivity contribution in [2.45, 2.75) is 6.54 Å². The van der Waals surface area contributed by atoms with Gasteiger partial charge in [-0.25, -0.2) is 18.3 Å². The van der Waals surface area contributed by atoms with Crippen LogP contribution in [0.1, 0.15) is 16.1 Å². The number of nitrogens with zero attached hydrogens (tertiary/aromatic N) is 3. The molecule has 0 saturated carbocycles. The van der Waals surface area contributed by atoms with E-state index in [1.807, 2.05) is 0 Å². The lowest BCUT2D eigenvalue weighted by atomic mass is 10.1. The van der Waals surface area contributed by atoms with Crippen LogP contribution in [-0.2, 0) is 6.54 Å². The van der Waals surface area contributed by atoms with Gasteiger partial charge in [-0.2, -0.15) is 0 Å². The van der Waals surface area contributed by atoms with Crippen LogP contribution in [0.5, 0.6) is 0 Å². The van der Waals surface area contributed by atoms with Crippen LogP contribution >= 0.6 is 11.6 Å². The van der Waals surface area contributed by atoms with Crippen molar-refractivity contribution in [3.63, 3.8) is 0 Å². The van der Waals surface area contributed by atoms with Crippen LogP contribution in [0.4, 0.5) is 8.78 Å². The minimum Gasteiger partial charge on any atom is -0.476 e. The van der Waals surface area contributed by atoms with Crippen molar-refractivity contribution in [2.75, 3.05) is 0 Å². The van der Waals surface area contributed by atoms with Gasteiger partial charge in [-0.05, 0) is 42.0 Å². The number of halogens is 3. The Bertz CT molecular complexity index is 910. The van der Waals surface area contributed by atoms with Crippen molar-refractivity contribution < 1.29 is 18.7 Å². The van der Waals surface area contributed by atoms with Crippen molar-refractivity contribution in [3.8, 4) is 11.3 Å². The first-order chi connectivity index (χ1) is 11.5. The molecule has 3 rings (SSSR count). The molecule has 0 saturated heterocycles. The van der Waals surface area contributed by atoms with Gasteiger partial charge in [0.25, 0.3) is 0 Å². The third-order valence-corrected chi connectivity index (χ3v) is 3.74. The van der Waals surface area contributed by atoms with E-state index in [0.717, 1.165) is 6.07 Å². The van der Waals surface area contributed by atoms with E-state index >= 15 is 0 Å². The Morgan fingerprint density at radius 1 is 1.12 bits per heavy atom. The Labute approximate surface area is 140 Å². The molecule has 0 atom stereocenters. The average Bonchev–Trinajstić information content (AvgIpc) is 2.95. The Morgan fingerprint density at radius 2 is 1.79 bits per heavy atom. The molecule has 1 N–H and O–H groups in total. The molecule has 0 fully saturated rings. The maximum Gasteiger partial charge on any atom is 0.358 e. The number of hydrogen-bond acceptors (Lipinski definition) is 3. The number of carboxylic acids is 1. The second-order valence-electron chi connectivity index (χ2n) is 4.99. The predicted molar refractivity (Wildman–Crippen MR) is 82.9 cm³/mol. The Balaban J connectivity index is 2.08. The van der Waals surface area contributed by atoms with Crippen LogP contribution in [0.25, 0.3) is 11.3 Å². The van der Waals surface area contributed by atoms with Crippen LogP contribution in [0.2, 0.25) is 5.02 Å². The fourth-order valence-corrected chi connectivity index (χ4v) is 2.50. The van der Waals surface area contributed by atoms with E-state index < -0.39 is 17.6 Å². The zero-order valence-electron chi connectivity index (χ0n) is 12.1. The van der Waals surface area contributed by atoms with E-state index in [-0.39, 0.29) is 23.0 Å². The summed E-state index contributed by atoms with van der Waals surface area (Å²) < 4.78 is 27.6. The molecule has 0 amide bonds. The summed E-state index contributed by atoms with van der Waals surface area (Å²) >= 11 is 6.00. The molecule has 0 aliphatic carbocycles. The SMILES string of the molecule is O=C(O)c1nnn(Cc2ccc(F)cc2Cl)c1-c1ccc(F)cc1. The summed E-state index contributed by atoms with van der Waals surface area (Å²) in [5, 5.41) is 17.0. The fourth-order valence-electron chi connectivity index (χ4n) is 2.27. The second kappa shape index (κ2) is 6.37. The maximum atomic E-state index is 13.1. The standard InChI is InChI=1S/C16H10ClF2N3O2/c17-13-7-12(19)6-3-10(13)8-22-15(14(16(23)24)20-21-22)9-1-4-11(18)5-2-9/h1-7H,8H2,(H,23,24). The summed E-state index contributed by atoms with van der Waals surface area (Å²) in [6.45, 7) is 0.0894. The van der Waals surface area contributed by atoms with Gasteiger partial charge in [0, 0.05) is 10.6 Å². The topological polar surface area (TPSA) is 68.0 Å². The van der Waals surface area contributed by atoms with Crippen molar-refractivity contribution in [2.24, 2.45) is 0 Å². The monoisotopic (exact) mass is 349 g/mol. The molecule has 3 aromatic rings. The number of aromatic nitrogens is 3. The van der Waals surface area contributed by atoms with Crippen LogP contribution in [0.15, 0.2) is 42.5 Å². The van der Waals surface area contributed by atoms with Crippen molar-refractivity contribution >= 4 is 17.6 Å². The molecule has 0 bridgehead atoms. The highest BCUT2D eigenvalue weighted by Crippen LogP contribution is 2.25. The Kier molecular flexibility index (Phi) is 4.26. The first-order valence-corrected chi connectivity index (χ1v) is 7.20. The molecule has 0 aliphatic rings. The molecular weight excluding hydrogens is 340 g/mol. The molecule has 0 spiro atoms. The van der Waals surface area contributed by atoms with Crippen molar-refractivity contribution in [1.29, 1.82) is 0 Å². The van der Waals surface area contributed by atoms with Gasteiger partial charge in [0.2, 0.25) is 0 Å². The molecule has 1 aromatic heterocycles. The third-order valence-electron chi connectivity index (χ3n) is 3.39. The predicted octanol–water partition coefficient (Wildman–Crippen LogP) is 3.62. The summed E-state index contributed by atoms with van der Waals surface area (Å²) in [6.07, 6.45) is 0. The van der Waals surface area contributed by atoms with E-state index in [0.29, 0.717) is 11.1 Å². The summed E-state index contributed by atoms with van der Waals surface area (Å²) in [5.74, 6) is -2.19. The molecule has 0 radical (unpaired) electrons. The highest BCUT2D eigenvalue weighted by Gasteiger charge is 2.21. The van der Waals surface area contributed by atoms with Gasteiger partial charge in [-0.1, -0.05) is 22.9 Å². The van der Waals surface area contributed by atoms with Crippen LogP contribution < -0.4 is 0 Å². The van der Waals surface area contributed by atoms with Crippen molar-refractivity contribution in [1.82, 2.24) is 15.0 Å². The Morgan fingerprint density at radius 3 is 2.42 bits per heavy atom. The molecule has 2 aromatic carbocycles. The average molecular weight is 350 g/mol. The molecule has 0 unspecified atom stereocenters. The molecule has 8 heteroatoms. The summed E-state index contributed by atoms with van der Waals surface area (Å²) in [5.41, 5.74) is 0.933. The molecule has 0 aliphatic heterocycles. The zero-order chi connectivity index (χ0) is 17.3. The zero-order valence-corrected chi connectivity index (χ0v) is 12.8. The molecule has 5 nitrogen and oxygen atoms in total. The van der Waals surface area contributed by atoms with Crippen LogP contribution in [-0.4, -0.2) is 26.1 Å². The maximum absolute atomic E-state index is 13.1. The van der Waals surface area contributed by atoms with Gasteiger partial charge in [0.05, 0.1) is 6.54 Å². The van der Waals surface area contributed by atoms with Gasteiger partial charge in [-0.3, -0.25) is 0 Å². The lowest BCUT2D eigenvalue weighted by Crippen LogP contribution is -2.06. The first kappa shape index (κ1) is 16.1. The number of rotatable bonds is 4. The van der Waals surface area contributed by atoms with E-state index in [1.54, 1.807) is 0 Å². The quantitative estimate of drug-likeness (QED) is 0.781. The van der Waals surface area contributed by atoms with Gasteiger partial charge in [0.1, 0.15) is 17.3 Å². The summed E-state index contributed by atoms with van der Waals surface area (Å²) in [4.78, 5) is 11.4. The number of hydrogen-bond donors (Lipinski definition) is 1. The highest BCUT2D eigenvalue weighted by molar-refractivity contribution is 6.31. The highest BCUT2D eigenvalue weighted by atomic mass is 35.5. The fraction of sp³-hybridized carbons (Fsp3) is 0.0625. The molecular formula is C16H10ClF2N3O2. The van der Waals surface area contributed by atoms with E-state index in [4.69, 9.17) is 11.6 Å². The van der Waals surface area contributed by atoms with Gasteiger partial charge in [0.15, 0.2) is 5.69 Å². The molecule has 122 valence electrons. The summed E-state index contributed by atoms with van der Waals surface area (Å²) in [7, 11) is 0. The molecule has 24 heavy (non-hydrogen) atoms. The van der Waals surface area contributed by atoms with E-state index in [2.05, 4.69) is 10.3 Å². The van der Waals surface area contributed by atoms with Gasteiger partial charge >= 0.3 is 5.97 Å². The van der Waals surface area contributed by atoms with E-state index in [9.17, 15) is 18.7 Å². The second-order valence-corrected chi connectivity index (χ2v) is 5.40. The number of carbonyl (C=O) groups is 1. The normalized spacial score (nSPS) is 10.8. The molecule has 1 heterocycles. The number of aromatic carboxylic acids is 1. The minimum atomic E-state index is -1.26. The smallest absolute Gasteiger partial charge is 0.358 e. The number of carboxylic acid groups (broad SMARTS) is 1. The minimum absolute atomic E-state index is 0.0894. The Hall–Kier alpha value is -2.80. The number of benzene rings is 2. The van der Waals surface area contributed by atoms with E-state index in [1.165, 1.54) is 41.1 Å². The lowest BCUT2D eigenvalue weighted by molar-refractivity contribution is 0.0691.